The summed E-state index contributed by atoms with van der Waals surface area (Å²) in [4.78, 5) is 30.9. The van der Waals surface area contributed by atoms with Crippen LogP contribution in [0.3, 0.4) is 0 Å². The normalized spacial score (nSPS) is 19.9. The Bertz CT molecular complexity index is 775. The lowest BCUT2D eigenvalue weighted by atomic mass is 9.95. The Balaban J connectivity index is 1.98. The molecule has 0 saturated carbocycles. The maximum absolute atomic E-state index is 13.7. The molecule has 0 radical (unpaired) electrons. The van der Waals surface area contributed by atoms with Gasteiger partial charge in [0.1, 0.15) is 5.82 Å². The molecule has 0 fully saturated rings. The summed E-state index contributed by atoms with van der Waals surface area (Å²) in [5, 5.41) is 2.84. The van der Waals surface area contributed by atoms with Crippen LogP contribution in [0.25, 0.3) is 0 Å². The number of hydrogen-bond donors (Lipinski definition) is 1. The second kappa shape index (κ2) is 7.29. The van der Waals surface area contributed by atoms with Gasteiger partial charge in [0.15, 0.2) is 0 Å². The maximum Gasteiger partial charge on any atom is 0.322 e. The van der Waals surface area contributed by atoms with E-state index in [-0.39, 0.29) is 11.9 Å². The maximum atomic E-state index is 13.7. The van der Waals surface area contributed by atoms with Crippen LogP contribution >= 0.6 is 0 Å². The van der Waals surface area contributed by atoms with Gasteiger partial charge in [0.25, 0.3) is 5.91 Å². The molecule has 2 heterocycles. The molecule has 0 unspecified atom stereocenters. The molecule has 2 aliphatic heterocycles. The van der Waals surface area contributed by atoms with Crippen molar-refractivity contribution in [2.24, 2.45) is 0 Å². The second-order valence-electron chi connectivity index (χ2n) is 6.73. The molecule has 26 heavy (non-hydrogen) atoms. The van der Waals surface area contributed by atoms with Gasteiger partial charge in [-0.15, -0.1) is 6.58 Å². The van der Waals surface area contributed by atoms with Crippen molar-refractivity contribution >= 4 is 11.9 Å². The van der Waals surface area contributed by atoms with Crippen LogP contribution in [0.15, 0.2) is 48.2 Å². The van der Waals surface area contributed by atoms with Gasteiger partial charge in [-0.3, -0.25) is 9.69 Å². The Hall–Kier alpha value is -2.67. The fraction of sp³-hybridized carbons (Fsp3) is 0.368. The molecule has 1 aromatic carbocycles. The lowest BCUT2D eigenvalue weighted by molar-refractivity contribution is -0.125. The summed E-state index contributed by atoms with van der Waals surface area (Å²) < 4.78 is 13.7. The van der Waals surface area contributed by atoms with Crippen molar-refractivity contribution in [1.29, 1.82) is 0 Å². The topological polar surface area (TPSA) is 55.9 Å². The SMILES string of the molecule is C=CCN1C(=O)N[C@H](c2cccc(F)c2)C2=C1CN(CCN(C)C)C2=O. The van der Waals surface area contributed by atoms with Crippen LogP contribution in [-0.2, 0) is 4.79 Å². The van der Waals surface area contributed by atoms with E-state index in [9.17, 15) is 14.0 Å². The Morgan fingerprint density at radius 2 is 2.15 bits per heavy atom. The number of halogens is 1. The lowest BCUT2D eigenvalue weighted by Crippen LogP contribution is -2.47. The van der Waals surface area contributed by atoms with Crippen LogP contribution in [0.4, 0.5) is 9.18 Å². The quantitative estimate of drug-likeness (QED) is 0.788. The zero-order valence-electron chi connectivity index (χ0n) is 15.0. The summed E-state index contributed by atoms with van der Waals surface area (Å²) in [5.41, 5.74) is 1.74. The average Bonchev–Trinajstić information content (AvgIpc) is 2.92. The van der Waals surface area contributed by atoms with Crippen LogP contribution in [0.2, 0.25) is 0 Å². The molecule has 138 valence electrons. The fourth-order valence-electron chi connectivity index (χ4n) is 3.31. The van der Waals surface area contributed by atoms with Crippen LogP contribution in [-0.4, -0.2) is 66.9 Å². The minimum Gasteiger partial charge on any atom is -0.332 e. The number of benzene rings is 1. The molecule has 3 rings (SSSR count). The van der Waals surface area contributed by atoms with Gasteiger partial charge in [0.2, 0.25) is 0 Å². The van der Waals surface area contributed by atoms with Crippen molar-refractivity contribution in [2.75, 3.05) is 40.3 Å². The molecule has 1 atom stereocenters. The Kier molecular flexibility index (Phi) is 5.08. The molecule has 0 saturated heterocycles. The number of rotatable bonds is 6. The van der Waals surface area contributed by atoms with Crippen LogP contribution in [0.5, 0.6) is 0 Å². The average molecular weight is 358 g/mol. The third kappa shape index (κ3) is 3.35. The molecule has 0 spiro atoms. The molecule has 2 aliphatic rings. The summed E-state index contributed by atoms with van der Waals surface area (Å²) in [5.74, 6) is -0.521. The molecule has 7 heteroatoms. The predicted octanol–water partition coefficient (Wildman–Crippen LogP) is 1.74. The zero-order chi connectivity index (χ0) is 18.8. The van der Waals surface area contributed by atoms with Crippen molar-refractivity contribution in [2.45, 2.75) is 6.04 Å². The number of urea groups is 1. The van der Waals surface area contributed by atoms with E-state index in [1.807, 2.05) is 19.0 Å². The first kappa shape index (κ1) is 18.1. The summed E-state index contributed by atoms with van der Waals surface area (Å²) in [7, 11) is 3.89. The number of nitrogens with zero attached hydrogens (tertiary/aromatic N) is 3. The van der Waals surface area contributed by atoms with Gasteiger partial charge in [-0.25, -0.2) is 9.18 Å². The van der Waals surface area contributed by atoms with E-state index in [2.05, 4.69) is 11.9 Å². The number of nitrogens with one attached hydrogen (secondary N) is 1. The molecular weight excluding hydrogens is 335 g/mol. The molecule has 3 amide bonds. The molecule has 0 bridgehead atoms. The van der Waals surface area contributed by atoms with E-state index >= 15 is 0 Å². The highest BCUT2D eigenvalue weighted by atomic mass is 19.1. The molecule has 0 aliphatic carbocycles. The zero-order valence-corrected chi connectivity index (χ0v) is 15.0. The largest absolute Gasteiger partial charge is 0.332 e. The van der Waals surface area contributed by atoms with Crippen molar-refractivity contribution in [1.82, 2.24) is 20.0 Å². The third-order valence-electron chi connectivity index (χ3n) is 4.61. The van der Waals surface area contributed by atoms with Gasteiger partial charge < -0.3 is 15.1 Å². The molecule has 1 aromatic rings. The van der Waals surface area contributed by atoms with Gasteiger partial charge in [-0.2, -0.15) is 0 Å². The predicted molar refractivity (Wildman–Crippen MR) is 96.7 cm³/mol. The smallest absolute Gasteiger partial charge is 0.322 e. The first-order chi connectivity index (χ1) is 12.4. The van der Waals surface area contributed by atoms with Gasteiger partial charge in [0.05, 0.1) is 23.9 Å². The Morgan fingerprint density at radius 3 is 2.81 bits per heavy atom. The highest BCUT2D eigenvalue weighted by Gasteiger charge is 2.43. The summed E-state index contributed by atoms with van der Waals surface area (Å²) in [6.45, 7) is 5.66. The molecular formula is C19H23FN4O2. The number of hydrogen-bond acceptors (Lipinski definition) is 3. The van der Waals surface area contributed by atoms with Crippen molar-refractivity contribution in [3.05, 3.63) is 59.6 Å². The van der Waals surface area contributed by atoms with E-state index in [1.54, 1.807) is 23.1 Å². The van der Waals surface area contributed by atoms with E-state index in [4.69, 9.17) is 0 Å². The first-order valence-electron chi connectivity index (χ1n) is 8.53. The summed E-state index contributed by atoms with van der Waals surface area (Å²) in [6.07, 6.45) is 1.62. The monoisotopic (exact) mass is 358 g/mol. The van der Waals surface area contributed by atoms with Gasteiger partial charge in [-0.1, -0.05) is 18.2 Å². The number of carbonyl (C=O) groups excluding carboxylic acids is 2. The Labute approximate surface area is 152 Å². The van der Waals surface area contributed by atoms with E-state index in [0.29, 0.717) is 36.5 Å². The number of amides is 3. The van der Waals surface area contributed by atoms with E-state index < -0.39 is 11.9 Å². The number of likely N-dealkylation sites (N-methyl/N-ethyl adjacent to an activating group) is 1. The molecule has 1 N–H and O–H groups in total. The molecule has 0 aromatic heterocycles. The highest BCUT2D eigenvalue weighted by Crippen LogP contribution is 2.36. The standard InChI is InChI=1S/C19H23FN4O2/c1-4-8-24-15-12-23(10-9-22(2)3)18(25)16(15)17(21-19(24)26)13-6-5-7-14(20)11-13/h4-7,11,17H,1,8-10,12H2,2-3H3,(H,21,26)/t17-/m1/s1. The third-order valence-corrected chi connectivity index (χ3v) is 4.61. The van der Waals surface area contributed by atoms with Gasteiger partial charge in [0, 0.05) is 19.6 Å². The van der Waals surface area contributed by atoms with Gasteiger partial charge >= 0.3 is 6.03 Å². The minimum atomic E-state index is -0.647. The highest BCUT2D eigenvalue weighted by molar-refractivity contribution is 6.01. The Morgan fingerprint density at radius 1 is 1.38 bits per heavy atom. The molecule has 6 nitrogen and oxygen atoms in total. The first-order valence-corrected chi connectivity index (χ1v) is 8.53. The van der Waals surface area contributed by atoms with Crippen molar-refractivity contribution in [3.8, 4) is 0 Å². The van der Waals surface area contributed by atoms with Gasteiger partial charge in [-0.05, 0) is 31.8 Å². The summed E-state index contributed by atoms with van der Waals surface area (Å²) in [6, 6.07) is 5.04. The van der Waals surface area contributed by atoms with Crippen LogP contribution in [0, 0.1) is 5.82 Å². The fourth-order valence-corrected chi connectivity index (χ4v) is 3.31. The van der Waals surface area contributed by atoms with Crippen molar-refractivity contribution in [3.63, 3.8) is 0 Å². The minimum absolute atomic E-state index is 0.120. The second-order valence-corrected chi connectivity index (χ2v) is 6.73. The van der Waals surface area contributed by atoms with Crippen LogP contribution in [0.1, 0.15) is 11.6 Å². The van der Waals surface area contributed by atoms with E-state index in [0.717, 1.165) is 6.54 Å². The lowest BCUT2D eigenvalue weighted by Gasteiger charge is -2.33. The van der Waals surface area contributed by atoms with Crippen molar-refractivity contribution < 1.29 is 14.0 Å². The summed E-state index contributed by atoms with van der Waals surface area (Å²) >= 11 is 0. The van der Waals surface area contributed by atoms with E-state index in [1.165, 1.54) is 17.0 Å². The van der Waals surface area contributed by atoms with Crippen LogP contribution < -0.4 is 5.32 Å². The number of carbonyl (C=O) groups is 2.